The molecule has 0 bridgehead atoms. The molecule has 0 radical (unpaired) electrons. The van der Waals surface area contributed by atoms with Gasteiger partial charge in [-0.2, -0.15) is 14.8 Å². The van der Waals surface area contributed by atoms with Crippen LogP contribution in [0.3, 0.4) is 0 Å². The summed E-state index contributed by atoms with van der Waals surface area (Å²) >= 11 is 0. The second-order valence-electron chi connectivity index (χ2n) is 2.46. The van der Waals surface area contributed by atoms with Crippen molar-refractivity contribution in [3.63, 3.8) is 0 Å². The molecule has 0 spiro atoms. The lowest BCUT2D eigenvalue weighted by molar-refractivity contribution is 0.791. The molecule has 2 heterocycles. The van der Waals surface area contributed by atoms with E-state index in [9.17, 15) is 0 Å². The molecule has 0 amide bonds. The van der Waals surface area contributed by atoms with E-state index in [1.807, 2.05) is 12.3 Å². The number of hydrogen-bond acceptors (Lipinski definition) is 2. The highest BCUT2D eigenvalue weighted by molar-refractivity contribution is 5.45. The Hall–Kier alpha value is -1.38. The summed E-state index contributed by atoms with van der Waals surface area (Å²) in [4.78, 5) is 0. The SMILES string of the molecule is CCc1cnn2nccc2c1. The molecule has 3 heteroatoms. The van der Waals surface area contributed by atoms with Crippen LogP contribution in [0.25, 0.3) is 5.52 Å². The van der Waals surface area contributed by atoms with Crippen molar-refractivity contribution in [2.45, 2.75) is 13.3 Å². The molecule has 2 rings (SSSR count). The van der Waals surface area contributed by atoms with Gasteiger partial charge in [-0.25, -0.2) is 0 Å². The normalized spacial score (nSPS) is 10.6. The van der Waals surface area contributed by atoms with Crippen molar-refractivity contribution >= 4 is 5.52 Å². The van der Waals surface area contributed by atoms with E-state index in [-0.39, 0.29) is 0 Å². The Bertz CT molecular complexity index is 364. The molecule has 0 aromatic carbocycles. The van der Waals surface area contributed by atoms with E-state index in [4.69, 9.17) is 0 Å². The predicted molar refractivity (Wildman–Crippen MR) is 42.4 cm³/mol. The van der Waals surface area contributed by atoms with Crippen molar-refractivity contribution in [3.05, 3.63) is 30.1 Å². The van der Waals surface area contributed by atoms with E-state index in [0.29, 0.717) is 0 Å². The van der Waals surface area contributed by atoms with Crippen molar-refractivity contribution in [3.8, 4) is 0 Å². The monoisotopic (exact) mass is 147 g/mol. The van der Waals surface area contributed by atoms with Crippen LogP contribution >= 0.6 is 0 Å². The van der Waals surface area contributed by atoms with E-state index in [0.717, 1.165) is 11.9 Å². The molecule has 2 aromatic heterocycles. The van der Waals surface area contributed by atoms with Crippen LogP contribution in [0.5, 0.6) is 0 Å². The average molecular weight is 147 g/mol. The van der Waals surface area contributed by atoms with Gasteiger partial charge in [-0.15, -0.1) is 0 Å². The first kappa shape index (κ1) is 6.34. The standard InChI is InChI=1S/C8H9N3/c1-2-7-5-8-3-4-9-11(8)10-6-7/h3-6H,2H2,1H3. The third-order valence-electron chi connectivity index (χ3n) is 1.73. The van der Waals surface area contributed by atoms with Crippen molar-refractivity contribution in [1.82, 2.24) is 14.8 Å². The molecule has 0 fully saturated rings. The highest BCUT2D eigenvalue weighted by Gasteiger charge is 1.94. The van der Waals surface area contributed by atoms with Gasteiger partial charge in [-0.3, -0.25) is 0 Å². The van der Waals surface area contributed by atoms with E-state index in [1.165, 1.54) is 5.56 Å². The van der Waals surface area contributed by atoms with Crippen molar-refractivity contribution in [2.24, 2.45) is 0 Å². The molecule has 0 saturated heterocycles. The topological polar surface area (TPSA) is 30.2 Å². The molecule has 3 nitrogen and oxygen atoms in total. The minimum absolute atomic E-state index is 1.02. The summed E-state index contributed by atoms with van der Waals surface area (Å²) in [6, 6.07) is 4.05. The van der Waals surface area contributed by atoms with Gasteiger partial charge in [-0.1, -0.05) is 6.92 Å². The number of nitrogens with zero attached hydrogens (tertiary/aromatic N) is 3. The zero-order chi connectivity index (χ0) is 7.68. The second kappa shape index (κ2) is 2.34. The number of rotatable bonds is 1. The number of hydrogen-bond donors (Lipinski definition) is 0. The maximum Gasteiger partial charge on any atom is 0.0875 e. The highest BCUT2D eigenvalue weighted by atomic mass is 15.4. The molecule has 0 N–H and O–H groups in total. The van der Waals surface area contributed by atoms with E-state index < -0.39 is 0 Å². The lowest BCUT2D eigenvalue weighted by atomic mass is 10.2. The van der Waals surface area contributed by atoms with Gasteiger partial charge in [-0.05, 0) is 24.1 Å². The molecule has 0 unspecified atom stereocenters. The molecule has 0 aliphatic rings. The predicted octanol–water partition coefficient (Wildman–Crippen LogP) is 1.29. The first-order valence-corrected chi connectivity index (χ1v) is 3.69. The van der Waals surface area contributed by atoms with Gasteiger partial charge in [0, 0.05) is 0 Å². The van der Waals surface area contributed by atoms with Crippen LogP contribution in [0.15, 0.2) is 24.5 Å². The molecule has 56 valence electrons. The minimum Gasteiger partial charge on any atom is -0.159 e. The summed E-state index contributed by atoms with van der Waals surface area (Å²) in [7, 11) is 0. The van der Waals surface area contributed by atoms with E-state index in [1.54, 1.807) is 10.8 Å². The molecule has 0 aliphatic carbocycles. The van der Waals surface area contributed by atoms with Crippen LogP contribution in [0.4, 0.5) is 0 Å². The lowest BCUT2D eigenvalue weighted by Gasteiger charge is -1.94. The van der Waals surface area contributed by atoms with Gasteiger partial charge >= 0.3 is 0 Å². The average Bonchev–Trinajstić information content (AvgIpc) is 2.50. The Morgan fingerprint density at radius 1 is 1.45 bits per heavy atom. The van der Waals surface area contributed by atoms with Crippen LogP contribution in [-0.2, 0) is 6.42 Å². The molecule has 0 saturated carbocycles. The van der Waals surface area contributed by atoms with Crippen LogP contribution in [0.2, 0.25) is 0 Å². The molecular formula is C8H9N3. The largest absolute Gasteiger partial charge is 0.159 e. The Labute approximate surface area is 64.7 Å². The van der Waals surface area contributed by atoms with Crippen molar-refractivity contribution in [1.29, 1.82) is 0 Å². The van der Waals surface area contributed by atoms with Crippen LogP contribution < -0.4 is 0 Å². The number of aryl methyl sites for hydroxylation is 1. The maximum absolute atomic E-state index is 4.12. The lowest BCUT2D eigenvalue weighted by Crippen LogP contribution is -1.93. The fourth-order valence-electron chi connectivity index (χ4n) is 1.06. The van der Waals surface area contributed by atoms with Gasteiger partial charge in [0.1, 0.15) is 0 Å². The zero-order valence-electron chi connectivity index (χ0n) is 6.36. The molecule has 2 aromatic rings. The van der Waals surface area contributed by atoms with E-state index >= 15 is 0 Å². The minimum atomic E-state index is 1.02. The fourth-order valence-corrected chi connectivity index (χ4v) is 1.06. The quantitative estimate of drug-likeness (QED) is 0.608. The summed E-state index contributed by atoms with van der Waals surface area (Å²) < 4.78 is 1.62. The van der Waals surface area contributed by atoms with Crippen LogP contribution in [0, 0.1) is 0 Å². The van der Waals surface area contributed by atoms with Crippen molar-refractivity contribution < 1.29 is 0 Å². The third-order valence-corrected chi connectivity index (χ3v) is 1.73. The summed E-state index contributed by atoms with van der Waals surface area (Å²) in [5, 5.41) is 8.12. The van der Waals surface area contributed by atoms with Gasteiger partial charge in [0.15, 0.2) is 0 Å². The van der Waals surface area contributed by atoms with Gasteiger partial charge in [0.2, 0.25) is 0 Å². The van der Waals surface area contributed by atoms with Gasteiger partial charge in [0.25, 0.3) is 0 Å². The zero-order valence-corrected chi connectivity index (χ0v) is 6.36. The van der Waals surface area contributed by atoms with Crippen molar-refractivity contribution in [2.75, 3.05) is 0 Å². The van der Waals surface area contributed by atoms with E-state index in [2.05, 4.69) is 23.2 Å². The first-order valence-electron chi connectivity index (χ1n) is 3.69. The Morgan fingerprint density at radius 3 is 3.18 bits per heavy atom. The highest BCUT2D eigenvalue weighted by Crippen LogP contribution is 2.03. The second-order valence-corrected chi connectivity index (χ2v) is 2.46. The Kier molecular flexibility index (Phi) is 1.35. The fraction of sp³-hybridized carbons (Fsp3) is 0.250. The summed E-state index contributed by atoms with van der Waals surface area (Å²) in [6.45, 7) is 2.11. The molecule has 0 aliphatic heterocycles. The number of aromatic nitrogens is 3. The Balaban J connectivity index is 2.67. The van der Waals surface area contributed by atoms with Crippen LogP contribution in [0.1, 0.15) is 12.5 Å². The smallest absolute Gasteiger partial charge is 0.0875 e. The molecular weight excluding hydrogens is 138 g/mol. The van der Waals surface area contributed by atoms with Gasteiger partial charge in [0.05, 0.1) is 17.9 Å². The summed E-state index contributed by atoms with van der Waals surface area (Å²) in [6.07, 6.45) is 4.62. The Morgan fingerprint density at radius 2 is 2.36 bits per heavy atom. The summed E-state index contributed by atoms with van der Waals surface area (Å²) in [5.74, 6) is 0. The van der Waals surface area contributed by atoms with Gasteiger partial charge < -0.3 is 0 Å². The molecule has 11 heavy (non-hydrogen) atoms. The first-order chi connectivity index (χ1) is 5.40. The molecule has 0 atom stereocenters. The number of fused-ring (bicyclic) bond motifs is 1. The summed E-state index contributed by atoms with van der Waals surface area (Å²) in [5.41, 5.74) is 2.31. The maximum atomic E-state index is 4.12. The third kappa shape index (κ3) is 0.981. The van der Waals surface area contributed by atoms with Crippen LogP contribution in [-0.4, -0.2) is 14.8 Å².